The topological polar surface area (TPSA) is 20.3 Å². The monoisotopic (exact) mass is 507 g/mol. The molecule has 1 atom stereocenters. The molecule has 164 valence electrons. The molecule has 2 nitrogen and oxygen atoms in total. The molecule has 1 amide bonds. The molecule has 29 heavy (non-hydrogen) atoms. The zero-order chi connectivity index (χ0) is 21.5. The maximum absolute atomic E-state index is 13.7. The van der Waals surface area contributed by atoms with Gasteiger partial charge in [-0.05, 0) is 0 Å². The number of unbranched alkanes of at least 4 members (excludes halogenated alkanes) is 3. The Balaban J connectivity index is 2.61. The predicted octanol–water partition coefficient (Wildman–Crippen LogP) is 7.55. The fourth-order valence-electron chi connectivity index (χ4n) is 5.25. The summed E-state index contributed by atoms with van der Waals surface area (Å²) >= 11 is -2.68. The van der Waals surface area contributed by atoms with Crippen LogP contribution in [0.4, 0.5) is 0 Å². The first kappa shape index (κ1) is 24.8. The van der Waals surface area contributed by atoms with Gasteiger partial charge in [-0.15, -0.1) is 0 Å². The van der Waals surface area contributed by atoms with E-state index in [0.29, 0.717) is 9.96 Å². The molecule has 1 aliphatic heterocycles. The standard InChI is InChI=1S/C14H18NO.3C4H9.Sn/c1-14(2,3)13(16)15-9-8-11-6-4-5-7-12(11)10-15;3*1-3-4-2;/h4-7,10H,8-9H2,1-3H3;3*1,3-4H2,2H3;. The van der Waals surface area contributed by atoms with Crippen LogP contribution >= 0.6 is 0 Å². The van der Waals surface area contributed by atoms with Gasteiger partial charge in [0.2, 0.25) is 0 Å². The Labute approximate surface area is 184 Å². The summed E-state index contributed by atoms with van der Waals surface area (Å²) in [7, 11) is 0. The molecule has 0 fully saturated rings. The van der Waals surface area contributed by atoms with Crippen molar-refractivity contribution in [1.82, 2.24) is 4.90 Å². The molecular weight excluding hydrogens is 461 g/mol. The van der Waals surface area contributed by atoms with Gasteiger partial charge in [-0.2, -0.15) is 0 Å². The van der Waals surface area contributed by atoms with Crippen LogP contribution < -0.4 is 0 Å². The van der Waals surface area contributed by atoms with E-state index < -0.39 is 18.4 Å². The van der Waals surface area contributed by atoms with E-state index in [1.165, 1.54) is 63.0 Å². The van der Waals surface area contributed by atoms with Crippen molar-refractivity contribution in [1.29, 1.82) is 0 Å². The van der Waals surface area contributed by atoms with Crippen LogP contribution in [0.15, 0.2) is 24.3 Å². The van der Waals surface area contributed by atoms with Crippen LogP contribution in [0.5, 0.6) is 0 Å². The van der Waals surface area contributed by atoms with E-state index in [1.807, 2.05) is 0 Å². The summed E-state index contributed by atoms with van der Waals surface area (Å²) < 4.78 is 4.76. The fraction of sp³-hybridized carbons (Fsp3) is 0.731. The van der Waals surface area contributed by atoms with Gasteiger partial charge in [0.15, 0.2) is 0 Å². The normalized spacial score (nSPS) is 17.3. The molecule has 3 heteroatoms. The van der Waals surface area contributed by atoms with Crippen molar-refractivity contribution in [3.8, 4) is 0 Å². The van der Waals surface area contributed by atoms with Crippen molar-refractivity contribution in [3.05, 3.63) is 35.4 Å². The van der Waals surface area contributed by atoms with E-state index in [2.05, 4.69) is 70.7 Å². The first-order chi connectivity index (χ1) is 13.8. The van der Waals surface area contributed by atoms with Gasteiger partial charge in [0, 0.05) is 0 Å². The van der Waals surface area contributed by atoms with Crippen molar-refractivity contribution in [2.75, 3.05) is 6.54 Å². The Morgan fingerprint density at radius 2 is 1.48 bits per heavy atom. The molecule has 0 N–H and O–H groups in total. The second-order valence-electron chi connectivity index (χ2n) is 10.3. The Hall–Kier alpha value is -0.511. The van der Waals surface area contributed by atoms with Crippen LogP contribution in [0.25, 0.3) is 0 Å². The molecule has 1 aliphatic rings. The summed E-state index contributed by atoms with van der Waals surface area (Å²) in [5, 5.41) is 0. The zero-order valence-electron chi connectivity index (χ0n) is 20.0. The molecular formula is C26H45NOSn. The number of rotatable bonds is 10. The average molecular weight is 506 g/mol. The fourth-order valence-corrected chi connectivity index (χ4v) is 24.1. The van der Waals surface area contributed by atoms with Crippen LogP contribution in [-0.2, 0) is 11.2 Å². The van der Waals surface area contributed by atoms with Crippen molar-refractivity contribution >= 4 is 24.3 Å². The predicted molar refractivity (Wildman–Crippen MR) is 129 cm³/mol. The van der Waals surface area contributed by atoms with E-state index in [1.54, 1.807) is 0 Å². The van der Waals surface area contributed by atoms with E-state index in [-0.39, 0.29) is 5.41 Å². The molecule has 0 aliphatic carbocycles. The van der Waals surface area contributed by atoms with Crippen LogP contribution in [0.3, 0.4) is 0 Å². The Morgan fingerprint density at radius 1 is 0.966 bits per heavy atom. The molecule has 1 aromatic carbocycles. The molecule has 1 unspecified atom stereocenters. The summed E-state index contributed by atoms with van der Waals surface area (Å²) in [5.41, 5.74) is 2.74. The van der Waals surface area contributed by atoms with E-state index in [4.69, 9.17) is 0 Å². The third-order valence-corrected chi connectivity index (χ3v) is 23.5. The van der Waals surface area contributed by atoms with Gasteiger partial charge in [0.25, 0.3) is 0 Å². The summed E-state index contributed by atoms with van der Waals surface area (Å²) in [6.07, 6.45) is 8.89. The van der Waals surface area contributed by atoms with Crippen molar-refractivity contribution in [3.63, 3.8) is 0 Å². The third-order valence-electron chi connectivity index (χ3n) is 6.85. The second kappa shape index (κ2) is 11.2. The van der Waals surface area contributed by atoms with Gasteiger partial charge >= 0.3 is 185 Å². The number of carbonyl (C=O) groups excluding carboxylic acids is 1. The first-order valence-electron chi connectivity index (χ1n) is 12.2. The molecule has 0 saturated carbocycles. The molecule has 0 radical (unpaired) electrons. The summed E-state index contributed by atoms with van der Waals surface area (Å²) in [5.74, 6) is 0.377. The van der Waals surface area contributed by atoms with Crippen LogP contribution in [0.1, 0.15) is 95.3 Å². The van der Waals surface area contributed by atoms with E-state index >= 15 is 0 Å². The molecule has 0 aromatic heterocycles. The number of amides is 1. The molecule has 0 bridgehead atoms. The molecule has 0 saturated heterocycles. The first-order valence-corrected chi connectivity index (χ1v) is 19.9. The molecule has 1 aromatic rings. The van der Waals surface area contributed by atoms with Crippen LogP contribution in [0, 0.1) is 5.41 Å². The van der Waals surface area contributed by atoms with Gasteiger partial charge < -0.3 is 0 Å². The summed E-state index contributed by atoms with van der Waals surface area (Å²) in [4.78, 5) is 16.1. The Bertz CT molecular complexity index is 627. The Morgan fingerprint density at radius 3 is 1.97 bits per heavy atom. The van der Waals surface area contributed by atoms with Crippen LogP contribution in [0.2, 0.25) is 13.3 Å². The van der Waals surface area contributed by atoms with Gasteiger partial charge in [-0.25, -0.2) is 0 Å². The maximum atomic E-state index is 13.7. The number of hydrogen-bond acceptors (Lipinski definition) is 1. The van der Waals surface area contributed by atoms with E-state index in [0.717, 1.165) is 13.0 Å². The minimum absolute atomic E-state index is 0.303. The molecule has 0 spiro atoms. The van der Waals surface area contributed by atoms with Crippen molar-refractivity contribution < 1.29 is 4.79 Å². The summed E-state index contributed by atoms with van der Waals surface area (Å²) in [6.45, 7) is 14.2. The minimum atomic E-state index is -2.68. The van der Waals surface area contributed by atoms with Gasteiger partial charge in [0.05, 0.1) is 0 Å². The number of carbonyl (C=O) groups is 1. The number of fused-ring (bicyclic) bond motifs is 1. The van der Waals surface area contributed by atoms with Crippen molar-refractivity contribution in [2.24, 2.45) is 5.41 Å². The van der Waals surface area contributed by atoms with Crippen molar-refractivity contribution in [2.45, 2.75) is 104 Å². The van der Waals surface area contributed by atoms with E-state index in [9.17, 15) is 4.79 Å². The Kier molecular flexibility index (Phi) is 9.57. The van der Waals surface area contributed by atoms with Crippen LogP contribution in [-0.4, -0.2) is 35.7 Å². The van der Waals surface area contributed by atoms with Gasteiger partial charge in [-0.3, -0.25) is 0 Å². The third kappa shape index (κ3) is 6.02. The van der Waals surface area contributed by atoms with Gasteiger partial charge in [0.1, 0.15) is 0 Å². The zero-order valence-corrected chi connectivity index (χ0v) is 22.9. The SMILES string of the molecule is CCC[CH2][Sn]([CH2]CCC)([CH2]CCC)[CH]1c2ccccc2CCN1C(=O)C(C)(C)C. The number of benzene rings is 1. The average Bonchev–Trinajstić information content (AvgIpc) is 2.71. The van der Waals surface area contributed by atoms with Gasteiger partial charge in [-0.1, -0.05) is 0 Å². The second-order valence-corrected chi connectivity index (χ2v) is 23.9. The number of hydrogen-bond donors (Lipinski definition) is 0. The molecule has 1 heterocycles. The quantitative estimate of drug-likeness (QED) is 0.300. The summed E-state index contributed by atoms with van der Waals surface area (Å²) in [6, 6.07) is 9.11. The molecule has 2 rings (SSSR count). The number of nitrogens with zero attached hydrogens (tertiary/aromatic N) is 1.